The third-order valence-electron chi connectivity index (χ3n) is 6.76. The molecule has 7 heteroatoms. The molecule has 34 heavy (non-hydrogen) atoms. The molecule has 174 valence electrons. The third-order valence-corrected chi connectivity index (χ3v) is 7.64. The van der Waals surface area contributed by atoms with E-state index < -0.39 is 0 Å². The molecule has 0 aliphatic carbocycles. The van der Waals surface area contributed by atoms with E-state index in [1.54, 1.807) is 11.3 Å². The highest BCUT2D eigenvalue weighted by molar-refractivity contribution is 7.13. The Morgan fingerprint density at radius 2 is 1.76 bits per heavy atom. The molecule has 0 N–H and O–H groups in total. The molecule has 1 saturated heterocycles. The normalized spacial score (nSPS) is 15.0. The van der Waals surface area contributed by atoms with Crippen LogP contribution in [0.5, 0.6) is 0 Å². The largest absolute Gasteiger partial charge is 0.379 e. The monoisotopic (exact) mass is 471 g/mol. The Morgan fingerprint density at radius 3 is 2.68 bits per heavy atom. The number of hydrogen-bond acceptors (Lipinski definition) is 5. The van der Waals surface area contributed by atoms with Gasteiger partial charge in [-0.1, -0.05) is 18.2 Å². The SMILES string of the molecule is Cn1cc(-c2csc(-c3cn(CCCCN4CCOCC4)c4ccccc34)n2)c2cccnc21. The number of benzene rings is 1. The van der Waals surface area contributed by atoms with E-state index in [2.05, 4.69) is 67.1 Å². The van der Waals surface area contributed by atoms with Crippen molar-refractivity contribution in [1.29, 1.82) is 0 Å². The summed E-state index contributed by atoms with van der Waals surface area (Å²) in [5, 5.41) is 5.66. The minimum atomic E-state index is 0.872. The van der Waals surface area contributed by atoms with Crippen molar-refractivity contribution in [3.05, 3.63) is 60.4 Å². The molecule has 1 aromatic carbocycles. The number of hydrogen-bond donors (Lipinski definition) is 0. The molecule has 0 radical (unpaired) electrons. The molecule has 0 unspecified atom stereocenters. The molecule has 5 heterocycles. The van der Waals surface area contributed by atoms with Crippen molar-refractivity contribution < 1.29 is 4.74 Å². The lowest BCUT2D eigenvalue weighted by molar-refractivity contribution is 0.0371. The zero-order valence-electron chi connectivity index (χ0n) is 19.5. The third kappa shape index (κ3) is 4.04. The molecule has 1 fully saturated rings. The van der Waals surface area contributed by atoms with Gasteiger partial charge in [-0.05, 0) is 37.6 Å². The van der Waals surface area contributed by atoms with Gasteiger partial charge in [0, 0.05) is 78.1 Å². The smallest absolute Gasteiger partial charge is 0.140 e. The van der Waals surface area contributed by atoms with Gasteiger partial charge in [-0.2, -0.15) is 0 Å². The van der Waals surface area contributed by atoms with Crippen molar-refractivity contribution >= 4 is 33.3 Å². The number of unbranched alkanes of at least 4 members (excludes halogenated alkanes) is 1. The number of nitrogens with zero attached hydrogens (tertiary/aromatic N) is 5. The Labute approximate surface area is 203 Å². The predicted molar refractivity (Wildman–Crippen MR) is 139 cm³/mol. The van der Waals surface area contributed by atoms with E-state index in [4.69, 9.17) is 9.72 Å². The van der Waals surface area contributed by atoms with Crippen molar-refractivity contribution in [2.45, 2.75) is 19.4 Å². The average Bonchev–Trinajstić information content (AvgIpc) is 3.59. The fourth-order valence-corrected chi connectivity index (χ4v) is 5.83. The first kappa shape index (κ1) is 21.5. The highest BCUT2D eigenvalue weighted by atomic mass is 32.1. The summed E-state index contributed by atoms with van der Waals surface area (Å²) in [6, 6.07) is 12.8. The molecule has 5 aromatic rings. The van der Waals surface area contributed by atoms with Gasteiger partial charge in [-0.3, -0.25) is 4.90 Å². The fraction of sp³-hybridized carbons (Fsp3) is 0.333. The first-order valence-electron chi connectivity index (χ1n) is 12.0. The Kier molecular flexibility index (Phi) is 5.91. The van der Waals surface area contributed by atoms with E-state index in [9.17, 15) is 0 Å². The molecule has 1 aliphatic heterocycles. The minimum absolute atomic E-state index is 0.872. The number of aryl methyl sites for hydroxylation is 2. The maximum Gasteiger partial charge on any atom is 0.140 e. The van der Waals surface area contributed by atoms with Gasteiger partial charge >= 0.3 is 0 Å². The van der Waals surface area contributed by atoms with Crippen LogP contribution in [0.1, 0.15) is 12.8 Å². The minimum Gasteiger partial charge on any atom is -0.379 e. The first-order valence-corrected chi connectivity index (χ1v) is 12.9. The van der Waals surface area contributed by atoms with E-state index in [1.807, 2.05) is 19.3 Å². The van der Waals surface area contributed by atoms with Crippen molar-refractivity contribution in [2.75, 3.05) is 32.8 Å². The molecule has 0 bridgehead atoms. The molecule has 6 nitrogen and oxygen atoms in total. The Balaban J connectivity index is 1.25. The Morgan fingerprint density at radius 1 is 0.941 bits per heavy atom. The molecule has 0 amide bonds. The van der Waals surface area contributed by atoms with Gasteiger partial charge in [-0.15, -0.1) is 11.3 Å². The van der Waals surface area contributed by atoms with Crippen molar-refractivity contribution in [3.8, 4) is 21.8 Å². The van der Waals surface area contributed by atoms with Crippen LogP contribution >= 0.6 is 11.3 Å². The highest BCUT2D eigenvalue weighted by Gasteiger charge is 2.17. The molecule has 0 spiro atoms. The van der Waals surface area contributed by atoms with Crippen LogP contribution in [0.2, 0.25) is 0 Å². The van der Waals surface area contributed by atoms with Gasteiger partial charge < -0.3 is 13.9 Å². The first-order chi connectivity index (χ1) is 16.8. The van der Waals surface area contributed by atoms with Crippen LogP contribution in [-0.2, 0) is 18.3 Å². The van der Waals surface area contributed by atoms with Crippen molar-refractivity contribution in [2.24, 2.45) is 7.05 Å². The summed E-state index contributed by atoms with van der Waals surface area (Å²) < 4.78 is 9.95. The molecular weight excluding hydrogens is 442 g/mol. The van der Waals surface area contributed by atoms with Crippen LogP contribution in [0.25, 0.3) is 43.8 Å². The number of thiazole rings is 1. The Hall–Kier alpha value is -3.00. The molecule has 1 aliphatic rings. The van der Waals surface area contributed by atoms with E-state index in [0.717, 1.165) is 66.7 Å². The number of morpholine rings is 1. The number of pyridine rings is 1. The van der Waals surface area contributed by atoms with E-state index in [-0.39, 0.29) is 0 Å². The van der Waals surface area contributed by atoms with Gasteiger partial charge in [0.1, 0.15) is 10.7 Å². The average molecular weight is 472 g/mol. The summed E-state index contributed by atoms with van der Waals surface area (Å²) in [6.45, 7) is 6.06. The lowest BCUT2D eigenvalue weighted by atomic mass is 10.1. The van der Waals surface area contributed by atoms with Crippen LogP contribution in [0.15, 0.2) is 60.4 Å². The number of fused-ring (bicyclic) bond motifs is 2. The molecule has 6 rings (SSSR count). The maximum atomic E-state index is 5.47. The second-order valence-electron chi connectivity index (χ2n) is 8.98. The molecule has 0 saturated carbocycles. The van der Waals surface area contributed by atoms with Crippen LogP contribution in [0.4, 0.5) is 0 Å². The Bertz CT molecular complexity index is 1430. The molecule has 0 atom stereocenters. The van der Waals surface area contributed by atoms with E-state index in [1.165, 1.54) is 29.3 Å². The number of ether oxygens (including phenoxy) is 1. The highest BCUT2D eigenvalue weighted by Crippen LogP contribution is 2.37. The zero-order chi connectivity index (χ0) is 22.9. The zero-order valence-corrected chi connectivity index (χ0v) is 20.3. The van der Waals surface area contributed by atoms with Crippen LogP contribution < -0.4 is 0 Å². The number of para-hydroxylation sites is 1. The summed E-state index contributed by atoms with van der Waals surface area (Å²) in [6.07, 6.45) is 8.65. The summed E-state index contributed by atoms with van der Waals surface area (Å²) in [5.74, 6) is 0. The van der Waals surface area contributed by atoms with Crippen LogP contribution in [-0.4, -0.2) is 56.9 Å². The van der Waals surface area contributed by atoms with E-state index >= 15 is 0 Å². The van der Waals surface area contributed by atoms with Gasteiger partial charge in [0.05, 0.1) is 18.9 Å². The van der Waals surface area contributed by atoms with Gasteiger partial charge in [0.25, 0.3) is 0 Å². The lowest BCUT2D eigenvalue weighted by Crippen LogP contribution is -2.36. The van der Waals surface area contributed by atoms with Gasteiger partial charge in [0.15, 0.2) is 0 Å². The van der Waals surface area contributed by atoms with Crippen LogP contribution in [0.3, 0.4) is 0 Å². The summed E-state index contributed by atoms with van der Waals surface area (Å²) in [5.41, 5.74) is 5.65. The fourth-order valence-electron chi connectivity index (χ4n) is 4.98. The summed E-state index contributed by atoms with van der Waals surface area (Å²) in [7, 11) is 2.04. The standard InChI is InChI=1S/C27H29N5OS/c1-30-17-22(21-8-6-10-28-26(21)30)24-19-34-27(29-24)23-18-32(25-9-3-2-7-20(23)25)12-5-4-11-31-13-15-33-16-14-31/h2-3,6-10,17-19H,4-5,11-16H2,1H3. The second kappa shape index (κ2) is 9.33. The molecular formula is C27H29N5OS. The maximum absolute atomic E-state index is 5.47. The number of aromatic nitrogens is 4. The lowest BCUT2D eigenvalue weighted by Gasteiger charge is -2.26. The quantitative estimate of drug-likeness (QED) is 0.297. The van der Waals surface area contributed by atoms with Crippen molar-refractivity contribution in [1.82, 2.24) is 24.0 Å². The van der Waals surface area contributed by atoms with Crippen LogP contribution in [0, 0.1) is 0 Å². The van der Waals surface area contributed by atoms with E-state index in [0.29, 0.717) is 0 Å². The topological polar surface area (TPSA) is 48.1 Å². The predicted octanol–water partition coefficient (Wildman–Crippen LogP) is 5.43. The molecule has 4 aromatic heterocycles. The summed E-state index contributed by atoms with van der Waals surface area (Å²) >= 11 is 1.72. The van der Waals surface area contributed by atoms with Gasteiger partial charge in [0.2, 0.25) is 0 Å². The van der Waals surface area contributed by atoms with Gasteiger partial charge in [-0.25, -0.2) is 9.97 Å². The number of rotatable bonds is 7. The second-order valence-corrected chi connectivity index (χ2v) is 9.84. The summed E-state index contributed by atoms with van der Waals surface area (Å²) in [4.78, 5) is 12.1. The van der Waals surface area contributed by atoms with Crippen molar-refractivity contribution in [3.63, 3.8) is 0 Å².